The highest BCUT2D eigenvalue weighted by Gasteiger charge is 2.15. The standard InChI is InChI=1S/C17H14N2O3/c1-10-6-7-14(12(8-10)17(21)22)19-16(20)15-9-11-4-2-3-5-13(11)18-15/h2-9,18H,1H3,(H,19,20)(H,21,22). The van der Waals surface area contributed by atoms with Gasteiger partial charge in [-0.3, -0.25) is 4.79 Å². The lowest BCUT2D eigenvalue weighted by Crippen LogP contribution is -2.15. The van der Waals surface area contributed by atoms with Gasteiger partial charge < -0.3 is 15.4 Å². The zero-order valence-corrected chi connectivity index (χ0v) is 11.9. The van der Waals surface area contributed by atoms with Gasteiger partial charge in [0.2, 0.25) is 0 Å². The zero-order valence-electron chi connectivity index (χ0n) is 11.9. The van der Waals surface area contributed by atoms with Gasteiger partial charge in [0, 0.05) is 10.9 Å². The van der Waals surface area contributed by atoms with Gasteiger partial charge in [0.15, 0.2) is 0 Å². The molecule has 1 aromatic heterocycles. The highest BCUT2D eigenvalue weighted by atomic mass is 16.4. The van der Waals surface area contributed by atoms with E-state index in [9.17, 15) is 14.7 Å². The predicted molar refractivity (Wildman–Crippen MR) is 84.4 cm³/mol. The average molecular weight is 294 g/mol. The summed E-state index contributed by atoms with van der Waals surface area (Å²) in [6.45, 7) is 1.80. The molecule has 0 bridgehead atoms. The number of amides is 1. The third-order valence-electron chi connectivity index (χ3n) is 3.43. The molecule has 3 aromatic rings. The minimum atomic E-state index is -1.07. The first-order chi connectivity index (χ1) is 10.5. The first-order valence-electron chi connectivity index (χ1n) is 6.77. The van der Waals surface area contributed by atoms with Crippen LogP contribution in [-0.2, 0) is 0 Å². The number of aromatic carboxylic acids is 1. The average Bonchev–Trinajstić information content (AvgIpc) is 2.93. The number of carbonyl (C=O) groups excluding carboxylic acids is 1. The molecule has 0 atom stereocenters. The molecule has 0 aliphatic carbocycles. The van der Waals surface area contributed by atoms with Crippen LogP contribution in [0.4, 0.5) is 5.69 Å². The maximum absolute atomic E-state index is 12.3. The molecule has 22 heavy (non-hydrogen) atoms. The number of aromatic amines is 1. The van der Waals surface area contributed by atoms with Gasteiger partial charge in [-0.2, -0.15) is 0 Å². The number of rotatable bonds is 3. The lowest BCUT2D eigenvalue weighted by molar-refractivity contribution is 0.0698. The van der Waals surface area contributed by atoms with Crippen molar-refractivity contribution in [2.45, 2.75) is 6.92 Å². The molecule has 5 nitrogen and oxygen atoms in total. The van der Waals surface area contributed by atoms with E-state index in [1.54, 1.807) is 25.1 Å². The summed E-state index contributed by atoms with van der Waals surface area (Å²) in [6, 6.07) is 14.2. The van der Waals surface area contributed by atoms with Gasteiger partial charge in [0.05, 0.1) is 11.3 Å². The minimum absolute atomic E-state index is 0.0736. The Hall–Kier alpha value is -3.08. The van der Waals surface area contributed by atoms with Crippen LogP contribution in [0.5, 0.6) is 0 Å². The van der Waals surface area contributed by atoms with Crippen molar-refractivity contribution in [1.29, 1.82) is 0 Å². The number of para-hydroxylation sites is 1. The zero-order chi connectivity index (χ0) is 15.7. The second-order valence-corrected chi connectivity index (χ2v) is 5.08. The Morgan fingerprint density at radius 3 is 2.59 bits per heavy atom. The molecule has 0 spiro atoms. The largest absolute Gasteiger partial charge is 0.478 e. The van der Waals surface area contributed by atoms with E-state index in [-0.39, 0.29) is 17.2 Å². The number of fused-ring (bicyclic) bond motifs is 1. The number of anilines is 1. The van der Waals surface area contributed by atoms with E-state index in [4.69, 9.17) is 0 Å². The number of aryl methyl sites for hydroxylation is 1. The smallest absolute Gasteiger partial charge is 0.337 e. The van der Waals surface area contributed by atoms with Gasteiger partial charge in [-0.05, 0) is 31.2 Å². The summed E-state index contributed by atoms with van der Waals surface area (Å²) < 4.78 is 0. The molecule has 1 heterocycles. The Balaban J connectivity index is 1.92. The third kappa shape index (κ3) is 2.56. The van der Waals surface area contributed by atoms with Crippen molar-refractivity contribution in [3.8, 4) is 0 Å². The normalized spacial score (nSPS) is 10.6. The van der Waals surface area contributed by atoms with Crippen LogP contribution in [0.25, 0.3) is 10.9 Å². The SMILES string of the molecule is Cc1ccc(NC(=O)c2cc3ccccc3[nH]2)c(C(=O)O)c1. The van der Waals surface area contributed by atoms with Crippen LogP contribution in [0.15, 0.2) is 48.5 Å². The fourth-order valence-electron chi connectivity index (χ4n) is 2.33. The Morgan fingerprint density at radius 1 is 1.09 bits per heavy atom. The van der Waals surface area contributed by atoms with Gasteiger partial charge in [-0.1, -0.05) is 29.8 Å². The number of carboxylic acid groups (broad SMARTS) is 1. The Morgan fingerprint density at radius 2 is 1.86 bits per heavy atom. The molecular formula is C17H14N2O3. The fourth-order valence-corrected chi connectivity index (χ4v) is 2.33. The maximum atomic E-state index is 12.3. The van der Waals surface area contributed by atoms with E-state index in [1.165, 1.54) is 6.07 Å². The molecule has 0 saturated heterocycles. The lowest BCUT2D eigenvalue weighted by atomic mass is 10.1. The maximum Gasteiger partial charge on any atom is 0.337 e. The number of benzene rings is 2. The first-order valence-corrected chi connectivity index (χ1v) is 6.77. The Bertz CT molecular complexity index is 847. The Kier molecular flexibility index (Phi) is 3.39. The van der Waals surface area contributed by atoms with Crippen LogP contribution in [-0.4, -0.2) is 22.0 Å². The summed E-state index contributed by atoms with van der Waals surface area (Å²) in [6.07, 6.45) is 0. The number of aromatic nitrogens is 1. The molecule has 2 aromatic carbocycles. The third-order valence-corrected chi connectivity index (χ3v) is 3.43. The Labute approximate surface area is 126 Å². The number of nitrogens with one attached hydrogen (secondary N) is 2. The monoisotopic (exact) mass is 294 g/mol. The van der Waals surface area contributed by atoms with Crippen molar-refractivity contribution in [2.75, 3.05) is 5.32 Å². The van der Waals surface area contributed by atoms with Crippen LogP contribution in [0.3, 0.4) is 0 Å². The number of hydrogen-bond acceptors (Lipinski definition) is 2. The molecule has 3 N–H and O–H groups in total. The second-order valence-electron chi connectivity index (χ2n) is 5.08. The fraction of sp³-hybridized carbons (Fsp3) is 0.0588. The molecule has 0 aliphatic rings. The van der Waals surface area contributed by atoms with Gasteiger partial charge in [-0.25, -0.2) is 4.79 Å². The van der Waals surface area contributed by atoms with Crippen LogP contribution in [0.2, 0.25) is 0 Å². The van der Waals surface area contributed by atoms with Crippen molar-refractivity contribution in [3.63, 3.8) is 0 Å². The molecule has 0 fully saturated rings. The first kappa shape index (κ1) is 13.9. The summed E-state index contributed by atoms with van der Waals surface area (Å²) >= 11 is 0. The van der Waals surface area contributed by atoms with Crippen molar-refractivity contribution < 1.29 is 14.7 Å². The molecule has 110 valence electrons. The van der Waals surface area contributed by atoms with E-state index < -0.39 is 5.97 Å². The number of hydrogen-bond donors (Lipinski definition) is 3. The predicted octanol–water partition coefficient (Wildman–Crippen LogP) is 3.43. The molecule has 0 unspecified atom stereocenters. The summed E-state index contributed by atoms with van der Waals surface area (Å²) in [5.74, 6) is -1.45. The molecule has 5 heteroatoms. The van der Waals surface area contributed by atoms with E-state index in [1.807, 2.05) is 24.3 Å². The van der Waals surface area contributed by atoms with Crippen LogP contribution >= 0.6 is 0 Å². The number of H-pyrrole nitrogens is 1. The lowest BCUT2D eigenvalue weighted by Gasteiger charge is -2.08. The summed E-state index contributed by atoms with van der Waals surface area (Å²) in [5.41, 5.74) is 2.42. The van der Waals surface area contributed by atoms with Crippen molar-refractivity contribution >= 4 is 28.5 Å². The summed E-state index contributed by atoms with van der Waals surface area (Å²) in [7, 11) is 0. The molecule has 0 aliphatic heterocycles. The molecule has 0 radical (unpaired) electrons. The van der Waals surface area contributed by atoms with Gasteiger partial charge in [-0.15, -0.1) is 0 Å². The van der Waals surface area contributed by atoms with Gasteiger partial charge in [0.25, 0.3) is 5.91 Å². The van der Waals surface area contributed by atoms with Crippen molar-refractivity contribution in [1.82, 2.24) is 4.98 Å². The number of carbonyl (C=O) groups is 2. The highest BCUT2D eigenvalue weighted by molar-refractivity contribution is 6.08. The van der Waals surface area contributed by atoms with Crippen LogP contribution in [0, 0.1) is 6.92 Å². The molecule has 3 rings (SSSR count). The van der Waals surface area contributed by atoms with Crippen LogP contribution < -0.4 is 5.32 Å². The van der Waals surface area contributed by atoms with E-state index in [2.05, 4.69) is 10.3 Å². The van der Waals surface area contributed by atoms with Crippen LogP contribution in [0.1, 0.15) is 26.4 Å². The minimum Gasteiger partial charge on any atom is -0.478 e. The van der Waals surface area contributed by atoms with Gasteiger partial charge >= 0.3 is 5.97 Å². The molecule has 0 saturated carbocycles. The van der Waals surface area contributed by atoms with E-state index in [0.717, 1.165) is 16.5 Å². The van der Waals surface area contributed by atoms with E-state index >= 15 is 0 Å². The molecule has 1 amide bonds. The topological polar surface area (TPSA) is 82.2 Å². The van der Waals surface area contributed by atoms with E-state index in [0.29, 0.717) is 5.69 Å². The number of carboxylic acids is 1. The quantitative estimate of drug-likeness (QED) is 0.692. The van der Waals surface area contributed by atoms with Gasteiger partial charge in [0.1, 0.15) is 5.69 Å². The highest BCUT2D eigenvalue weighted by Crippen LogP contribution is 2.20. The van der Waals surface area contributed by atoms with Crippen molar-refractivity contribution in [2.24, 2.45) is 0 Å². The molecular weight excluding hydrogens is 280 g/mol. The second kappa shape index (κ2) is 5.37. The summed E-state index contributed by atoms with van der Waals surface area (Å²) in [5, 5.41) is 12.8. The van der Waals surface area contributed by atoms with Crippen molar-refractivity contribution in [3.05, 3.63) is 65.4 Å². The summed E-state index contributed by atoms with van der Waals surface area (Å²) in [4.78, 5) is 26.6.